The average molecular weight is 535 g/mol. The SMILES string of the molecule is CC(=O)NC[C@H]1CN(c2ccc(-c3ccc(C4(C#N)[C@@H]5CN(C(=O)OC(C)(C)C)C[C@@H]54)c(F)c3)cc2)C(=O)O1. The Kier molecular flexibility index (Phi) is 6.49. The van der Waals surface area contributed by atoms with E-state index in [9.17, 15) is 19.6 Å². The number of hydrogen-bond donors (Lipinski definition) is 1. The largest absolute Gasteiger partial charge is 0.444 e. The number of likely N-dealkylation sites (tertiary alicyclic amines) is 1. The Balaban J connectivity index is 1.27. The molecule has 0 radical (unpaired) electrons. The molecule has 4 atom stereocenters. The van der Waals surface area contributed by atoms with Crippen LogP contribution in [0, 0.1) is 29.0 Å². The zero-order valence-corrected chi connectivity index (χ0v) is 22.4. The van der Waals surface area contributed by atoms with Crippen LogP contribution in [0.2, 0.25) is 0 Å². The summed E-state index contributed by atoms with van der Waals surface area (Å²) < 4.78 is 26.2. The fourth-order valence-corrected chi connectivity index (χ4v) is 5.69. The normalized spacial score (nSPS) is 25.5. The molecule has 3 aliphatic rings. The minimum Gasteiger partial charge on any atom is -0.444 e. The van der Waals surface area contributed by atoms with Crippen LogP contribution in [-0.4, -0.2) is 60.9 Å². The molecule has 3 amide bonds. The van der Waals surface area contributed by atoms with Gasteiger partial charge in [-0.2, -0.15) is 5.26 Å². The Hall–Kier alpha value is -4.13. The van der Waals surface area contributed by atoms with E-state index in [-0.39, 0.29) is 24.3 Å². The monoisotopic (exact) mass is 534 g/mol. The zero-order valence-electron chi connectivity index (χ0n) is 22.4. The predicted octanol–water partition coefficient (Wildman–Crippen LogP) is 4.21. The standard InChI is InChI=1S/C29H31FN4O5/c1-17(35)32-12-21-13-34(27(37)38-21)20-8-5-18(6-9-20)19-7-10-22(25(30)11-19)29(16-31)23-14-33(15-24(23)29)26(36)39-28(2,3)4/h5-11,21,23-24H,12-15H2,1-4H3,(H,32,35)/t21-,23-,24+,29?/m0/s1. The summed E-state index contributed by atoms with van der Waals surface area (Å²) in [5, 5.41) is 12.7. The van der Waals surface area contributed by atoms with E-state index >= 15 is 4.39 Å². The number of piperidine rings is 1. The highest BCUT2D eigenvalue weighted by atomic mass is 19.1. The number of anilines is 1. The number of nitrogens with one attached hydrogen (secondary N) is 1. The molecule has 2 heterocycles. The lowest BCUT2D eigenvalue weighted by molar-refractivity contribution is -0.119. The van der Waals surface area contributed by atoms with Gasteiger partial charge in [0.2, 0.25) is 5.91 Å². The Morgan fingerprint density at radius 1 is 1.13 bits per heavy atom. The summed E-state index contributed by atoms with van der Waals surface area (Å²) >= 11 is 0. The lowest BCUT2D eigenvalue weighted by Crippen LogP contribution is -2.39. The smallest absolute Gasteiger partial charge is 0.414 e. The van der Waals surface area contributed by atoms with E-state index < -0.39 is 35.1 Å². The van der Waals surface area contributed by atoms with E-state index in [1.807, 2.05) is 0 Å². The van der Waals surface area contributed by atoms with Crippen molar-refractivity contribution >= 4 is 23.8 Å². The van der Waals surface area contributed by atoms with E-state index in [2.05, 4.69) is 11.4 Å². The van der Waals surface area contributed by atoms with Crippen LogP contribution in [0.3, 0.4) is 0 Å². The molecule has 2 saturated heterocycles. The maximum Gasteiger partial charge on any atom is 0.414 e. The molecule has 0 spiro atoms. The molecule has 2 aromatic carbocycles. The summed E-state index contributed by atoms with van der Waals surface area (Å²) in [6.07, 6.45) is -1.34. The highest BCUT2D eigenvalue weighted by Crippen LogP contribution is 2.63. The van der Waals surface area contributed by atoms with Crippen molar-refractivity contribution in [3.8, 4) is 17.2 Å². The number of nitriles is 1. The van der Waals surface area contributed by atoms with Gasteiger partial charge in [-0.3, -0.25) is 9.69 Å². The molecule has 39 heavy (non-hydrogen) atoms. The topological polar surface area (TPSA) is 112 Å². The third kappa shape index (κ3) is 4.89. The van der Waals surface area contributed by atoms with Gasteiger partial charge in [-0.25, -0.2) is 14.0 Å². The van der Waals surface area contributed by atoms with Crippen LogP contribution in [0.15, 0.2) is 42.5 Å². The van der Waals surface area contributed by atoms with Gasteiger partial charge in [-0.15, -0.1) is 0 Å². The van der Waals surface area contributed by atoms with Gasteiger partial charge in [0.15, 0.2) is 0 Å². The maximum absolute atomic E-state index is 15.4. The summed E-state index contributed by atoms with van der Waals surface area (Å²) in [5.74, 6) is -0.922. The summed E-state index contributed by atoms with van der Waals surface area (Å²) in [6.45, 7) is 8.09. The molecule has 3 fully saturated rings. The van der Waals surface area contributed by atoms with Crippen molar-refractivity contribution in [3.63, 3.8) is 0 Å². The van der Waals surface area contributed by atoms with Gasteiger partial charge < -0.3 is 19.7 Å². The first-order chi connectivity index (χ1) is 18.4. The Labute approximate surface area is 226 Å². The van der Waals surface area contributed by atoms with Gasteiger partial charge in [-0.1, -0.05) is 24.3 Å². The van der Waals surface area contributed by atoms with Crippen LogP contribution in [0.1, 0.15) is 33.3 Å². The average Bonchev–Trinajstić information content (AvgIpc) is 3.15. The predicted molar refractivity (Wildman–Crippen MR) is 140 cm³/mol. The van der Waals surface area contributed by atoms with Crippen molar-refractivity contribution < 1.29 is 28.2 Å². The number of carbonyl (C=O) groups is 3. The minimum absolute atomic E-state index is 0.135. The molecule has 204 valence electrons. The quantitative estimate of drug-likeness (QED) is 0.615. The molecular formula is C29H31FN4O5. The summed E-state index contributed by atoms with van der Waals surface area (Å²) in [6, 6.07) is 14.3. The molecule has 2 aliphatic heterocycles. The number of benzene rings is 2. The molecule has 10 heteroatoms. The van der Waals surface area contributed by atoms with E-state index in [1.54, 1.807) is 62.1 Å². The van der Waals surface area contributed by atoms with Crippen molar-refractivity contribution in [1.82, 2.24) is 10.2 Å². The Bertz CT molecular complexity index is 1350. The molecule has 9 nitrogen and oxygen atoms in total. The van der Waals surface area contributed by atoms with E-state index in [4.69, 9.17) is 9.47 Å². The fourth-order valence-electron chi connectivity index (χ4n) is 5.69. The molecule has 1 aliphatic carbocycles. The van der Waals surface area contributed by atoms with Gasteiger partial charge in [0.1, 0.15) is 17.5 Å². The first-order valence-electron chi connectivity index (χ1n) is 12.9. The molecule has 1 saturated carbocycles. The number of fused-ring (bicyclic) bond motifs is 1. The van der Waals surface area contributed by atoms with Crippen molar-refractivity contribution in [2.75, 3.05) is 31.1 Å². The van der Waals surface area contributed by atoms with Crippen molar-refractivity contribution in [1.29, 1.82) is 5.26 Å². The first-order valence-corrected chi connectivity index (χ1v) is 12.9. The van der Waals surface area contributed by atoms with Gasteiger partial charge in [0.25, 0.3) is 0 Å². The zero-order chi connectivity index (χ0) is 28.1. The van der Waals surface area contributed by atoms with E-state index in [1.165, 1.54) is 17.9 Å². The van der Waals surface area contributed by atoms with Gasteiger partial charge in [0.05, 0.1) is 24.6 Å². The summed E-state index contributed by atoms with van der Waals surface area (Å²) in [4.78, 5) is 38.9. The second-order valence-corrected chi connectivity index (χ2v) is 11.4. The Morgan fingerprint density at radius 3 is 2.33 bits per heavy atom. The Morgan fingerprint density at radius 2 is 1.77 bits per heavy atom. The summed E-state index contributed by atoms with van der Waals surface area (Å²) in [7, 11) is 0. The number of amides is 3. The number of carbonyl (C=O) groups excluding carboxylic acids is 3. The van der Waals surface area contributed by atoms with Crippen LogP contribution in [-0.2, 0) is 19.7 Å². The molecule has 5 rings (SSSR count). The third-order valence-electron chi connectivity index (χ3n) is 7.60. The van der Waals surface area contributed by atoms with Crippen LogP contribution in [0.4, 0.5) is 19.7 Å². The number of halogens is 1. The lowest BCUT2D eigenvalue weighted by Gasteiger charge is -2.27. The highest BCUT2D eigenvalue weighted by Gasteiger charge is 2.71. The lowest BCUT2D eigenvalue weighted by atomic mass is 9.89. The van der Waals surface area contributed by atoms with Crippen LogP contribution in [0.5, 0.6) is 0 Å². The second kappa shape index (κ2) is 9.56. The number of nitrogens with zero attached hydrogens (tertiary/aromatic N) is 3. The van der Waals surface area contributed by atoms with Crippen LogP contribution in [0.25, 0.3) is 11.1 Å². The van der Waals surface area contributed by atoms with Crippen molar-refractivity contribution in [3.05, 3.63) is 53.8 Å². The van der Waals surface area contributed by atoms with Crippen LogP contribution < -0.4 is 10.2 Å². The number of hydrogen-bond acceptors (Lipinski definition) is 6. The first kappa shape index (κ1) is 26.5. The number of rotatable bonds is 5. The van der Waals surface area contributed by atoms with Gasteiger partial charge in [-0.05, 0) is 50.1 Å². The number of ether oxygens (including phenoxy) is 2. The van der Waals surface area contributed by atoms with E-state index in [0.717, 1.165) is 5.56 Å². The fraction of sp³-hybridized carbons (Fsp3) is 0.448. The molecule has 1 N–H and O–H groups in total. The summed E-state index contributed by atoms with van der Waals surface area (Å²) in [5.41, 5.74) is 0.831. The van der Waals surface area contributed by atoms with Gasteiger partial charge in [0, 0.05) is 43.1 Å². The number of cyclic esters (lactones) is 1. The third-order valence-corrected chi connectivity index (χ3v) is 7.60. The molecular weight excluding hydrogens is 503 g/mol. The van der Waals surface area contributed by atoms with Crippen molar-refractivity contribution in [2.24, 2.45) is 11.8 Å². The molecule has 2 aromatic rings. The molecule has 1 unspecified atom stereocenters. The second-order valence-electron chi connectivity index (χ2n) is 11.4. The highest BCUT2D eigenvalue weighted by molar-refractivity contribution is 5.90. The van der Waals surface area contributed by atoms with Crippen molar-refractivity contribution in [2.45, 2.75) is 44.8 Å². The molecule has 0 bridgehead atoms. The van der Waals surface area contributed by atoms with Gasteiger partial charge >= 0.3 is 12.2 Å². The maximum atomic E-state index is 15.4. The molecule has 0 aromatic heterocycles. The van der Waals surface area contributed by atoms with Crippen LogP contribution >= 0.6 is 0 Å². The minimum atomic E-state index is -0.950. The van der Waals surface area contributed by atoms with E-state index in [0.29, 0.717) is 36.4 Å².